The number of anilines is 2. The molecule has 0 unspecified atom stereocenters. The number of hydrazone groups is 4. The van der Waals surface area contributed by atoms with E-state index in [1.54, 1.807) is 49.9 Å². The van der Waals surface area contributed by atoms with Gasteiger partial charge in [0, 0.05) is 46.5 Å². The van der Waals surface area contributed by atoms with E-state index in [0.29, 0.717) is 75.9 Å². The van der Waals surface area contributed by atoms with Gasteiger partial charge in [-0.1, -0.05) is 25.7 Å². The van der Waals surface area contributed by atoms with Crippen LogP contribution in [0.25, 0.3) is 0 Å². The van der Waals surface area contributed by atoms with Crippen LogP contribution < -0.4 is 55.3 Å². The molecule has 0 aliphatic carbocycles. The lowest BCUT2D eigenvalue weighted by Crippen LogP contribution is -2.33. The van der Waals surface area contributed by atoms with E-state index >= 15 is 0 Å². The first-order valence-corrected chi connectivity index (χ1v) is 17.0. The summed E-state index contributed by atoms with van der Waals surface area (Å²) in [6.07, 6.45) is 5.64. The highest BCUT2D eigenvalue weighted by Gasteiger charge is 2.22. The van der Waals surface area contributed by atoms with Crippen LogP contribution in [0.15, 0.2) is 56.8 Å². The first kappa shape index (κ1) is 43.3. The van der Waals surface area contributed by atoms with Crippen LogP contribution in [0.5, 0.6) is 0 Å². The molecule has 2 aromatic rings. The van der Waals surface area contributed by atoms with Gasteiger partial charge in [-0.3, -0.25) is 36.1 Å². The lowest BCUT2D eigenvalue weighted by molar-refractivity contribution is -0.118. The monoisotopic (exact) mass is 744 g/mol. The standard InChI is InChI=1S/C34H52N18O2/c1-19(44-48-31(36)37)23-13-24(20(2)45-49-32(38)39)16-27(15-23)52(28-17-25(14-26(18-28)22(4)53)21(3)46-50-33(40)41)30(47-51-34(42)43)12-10-8-6-5-7-9-11-29(35)54/h13-18H,5-12H2,1-4H3,(H2,35,54)(H4,36,37,48)(H4,38,39,49)(H4,40,41,50)(H4,42,43,51). The van der Waals surface area contributed by atoms with E-state index in [4.69, 9.17) is 50.3 Å². The highest BCUT2D eigenvalue weighted by atomic mass is 16.1. The minimum Gasteiger partial charge on any atom is -0.370 e. The summed E-state index contributed by atoms with van der Waals surface area (Å²) in [5.41, 5.74) is 41.8. The number of amides is 1. The van der Waals surface area contributed by atoms with E-state index in [1.165, 1.54) is 6.92 Å². The molecule has 54 heavy (non-hydrogen) atoms. The molecule has 0 radical (unpaired) electrons. The number of hydrogen-bond acceptors (Lipinski definition) is 10. The molecule has 0 heterocycles. The van der Waals surface area contributed by atoms with Gasteiger partial charge in [0.05, 0.1) is 17.1 Å². The molecule has 1 amide bonds. The smallest absolute Gasteiger partial charge is 0.217 e. The van der Waals surface area contributed by atoms with Crippen LogP contribution in [0.1, 0.15) is 106 Å². The number of unbranched alkanes of at least 4 members (excludes halogenated alkanes) is 5. The van der Waals surface area contributed by atoms with Crippen LogP contribution >= 0.6 is 0 Å². The van der Waals surface area contributed by atoms with Crippen molar-refractivity contribution in [2.75, 3.05) is 4.90 Å². The molecule has 0 aliphatic rings. The summed E-state index contributed by atoms with van der Waals surface area (Å²) >= 11 is 0. The number of hydrogen-bond donors (Lipinski definition) is 13. The third kappa shape index (κ3) is 15.2. The number of amidine groups is 1. The number of Topliss-reactive ketones (excluding diaryl/α,β-unsaturated/α-hetero) is 1. The quantitative estimate of drug-likeness (QED) is 0.0324. The lowest BCUT2D eigenvalue weighted by atomic mass is 9.99. The van der Waals surface area contributed by atoms with Crippen molar-refractivity contribution in [2.24, 2.45) is 49.1 Å². The predicted octanol–water partition coefficient (Wildman–Crippen LogP) is 2.05. The summed E-state index contributed by atoms with van der Waals surface area (Å²) < 4.78 is 0. The number of benzene rings is 2. The van der Waals surface area contributed by atoms with Crippen LogP contribution in [-0.4, -0.2) is 58.5 Å². The summed E-state index contributed by atoms with van der Waals surface area (Å²) in [6, 6.07) is 10.6. The molecule has 0 aromatic heterocycles. The Morgan fingerprint density at radius 2 is 0.852 bits per heavy atom. The van der Waals surface area contributed by atoms with Crippen LogP contribution in [0.3, 0.4) is 0 Å². The van der Waals surface area contributed by atoms with Crippen LogP contribution in [0.4, 0.5) is 11.4 Å². The molecule has 2 rings (SSSR count). The molecule has 20 nitrogen and oxygen atoms in total. The molecule has 0 saturated carbocycles. The summed E-state index contributed by atoms with van der Waals surface area (Å²) in [4.78, 5) is 25.9. The van der Waals surface area contributed by atoms with Crippen LogP contribution in [0.2, 0.25) is 0 Å². The van der Waals surface area contributed by atoms with Gasteiger partial charge in [0.25, 0.3) is 0 Å². The molecular weight excluding hydrogens is 692 g/mol. The van der Waals surface area contributed by atoms with Crippen molar-refractivity contribution in [1.82, 2.24) is 21.7 Å². The number of carbonyl (C=O) groups is 2. The largest absolute Gasteiger partial charge is 0.370 e. The summed E-state index contributed by atoms with van der Waals surface area (Å²) in [5.74, 6) is -1.61. The number of rotatable bonds is 19. The summed E-state index contributed by atoms with van der Waals surface area (Å²) in [7, 11) is 0. The van der Waals surface area contributed by atoms with Gasteiger partial charge in [0.15, 0.2) is 5.78 Å². The van der Waals surface area contributed by atoms with E-state index in [2.05, 4.69) is 42.1 Å². The summed E-state index contributed by atoms with van der Waals surface area (Å²) in [5, 5.41) is 47.8. The average Bonchev–Trinajstić information content (AvgIpc) is 3.10. The summed E-state index contributed by atoms with van der Waals surface area (Å²) in [6.45, 7) is 6.57. The van der Waals surface area contributed by atoms with E-state index < -0.39 is 5.96 Å². The van der Waals surface area contributed by atoms with E-state index in [-0.39, 0.29) is 29.6 Å². The van der Waals surface area contributed by atoms with Crippen LogP contribution in [-0.2, 0) is 4.79 Å². The zero-order valence-electron chi connectivity index (χ0n) is 31.1. The van der Waals surface area contributed by atoms with Gasteiger partial charge >= 0.3 is 0 Å². The SMILES string of the molecule is CC(=O)c1cc(C(C)=NNC(=N)N)cc(N(C(CCCCCCCCC(N)=O)=NNC(=N)N)c2cc(C(C)=NNC(=N)N)cc(C(C)=NNC(=N)N)c2)c1. The van der Waals surface area contributed by atoms with Crippen molar-refractivity contribution < 1.29 is 9.59 Å². The van der Waals surface area contributed by atoms with Crippen LogP contribution in [0, 0.1) is 21.6 Å². The fraction of sp³-hybridized carbons (Fsp3) is 0.353. The highest BCUT2D eigenvalue weighted by Crippen LogP contribution is 2.32. The molecule has 0 bridgehead atoms. The van der Waals surface area contributed by atoms with Crippen molar-refractivity contribution in [2.45, 2.75) is 79.1 Å². The first-order chi connectivity index (χ1) is 25.5. The predicted molar refractivity (Wildman–Crippen MR) is 215 cm³/mol. The first-order valence-electron chi connectivity index (χ1n) is 17.0. The van der Waals surface area contributed by atoms with Crippen molar-refractivity contribution in [1.29, 1.82) is 21.6 Å². The third-order valence-corrected chi connectivity index (χ3v) is 7.68. The Morgan fingerprint density at radius 1 is 0.519 bits per heavy atom. The number of ketones is 1. The zero-order chi connectivity index (χ0) is 40.4. The van der Waals surface area contributed by atoms with Crippen molar-refractivity contribution >= 4 is 69.9 Å². The van der Waals surface area contributed by atoms with Gasteiger partial charge in [-0.15, -0.1) is 0 Å². The maximum atomic E-state index is 12.9. The Bertz CT molecular complexity index is 1790. The normalized spacial score (nSPS) is 12.1. The van der Waals surface area contributed by atoms with Crippen molar-refractivity contribution in [3.05, 3.63) is 58.7 Å². The van der Waals surface area contributed by atoms with Crippen molar-refractivity contribution in [3.63, 3.8) is 0 Å². The number of guanidine groups is 4. The number of nitrogens with two attached hydrogens (primary N) is 5. The second kappa shape index (κ2) is 21.5. The Hall–Kier alpha value is -6.86. The second-order valence-corrected chi connectivity index (χ2v) is 12.2. The van der Waals surface area contributed by atoms with Gasteiger partial charge < -0.3 is 28.7 Å². The number of carbonyl (C=O) groups excluding carboxylic acids is 2. The minimum absolute atomic E-state index is 0.229. The second-order valence-electron chi connectivity index (χ2n) is 12.2. The number of nitrogens with one attached hydrogen (secondary N) is 8. The maximum absolute atomic E-state index is 12.9. The fourth-order valence-corrected chi connectivity index (χ4v) is 5.02. The minimum atomic E-state index is -0.399. The van der Waals surface area contributed by atoms with E-state index in [0.717, 1.165) is 32.1 Å². The number of primary amides is 1. The van der Waals surface area contributed by atoms with E-state index in [9.17, 15) is 9.59 Å². The Balaban J connectivity index is 2.93. The van der Waals surface area contributed by atoms with Gasteiger partial charge in [0.2, 0.25) is 29.7 Å². The molecular formula is C34H52N18O2. The molecule has 2 aromatic carbocycles. The Labute approximate surface area is 314 Å². The van der Waals surface area contributed by atoms with Gasteiger partial charge in [-0.25, -0.2) is 21.7 Å². The molecule has 0 spiro atoms. The average molecular weight is 745 g/mol. The molecule has 0 saturated heterocycles. The van der Waals surface area contributed by atoms with Gasteiger partial charge in [-0.2, -0.15) is 20.4 Å². The van der Waals surface area contributed by atoms with Crippen molar-refractivity contribution in [3.8, 4) is 0 Å². The topological polar surface area (TPSA) is 360 Å². The molecule has 0 atom stereocenters. The lowest BCUT2D eigenvalue weighted by Gasteiger charge is -2.29. The molecule has 20 heteroatoms. The Kier molecular flexibility index (Phi) is 17.2. The molecule has 0 aliphatic heterocycles. The molecule has 0 fully saturated rings. The highest BCUT2D eigenvalue weighted by molar-refractivity contribution is 6.11. The maximum Gasteiger partial charge on any atom is 0.217 e. The molecule has 290 valence electrons. The Morgan fingerprint density at radius 3 is 1.22 bits per heavy atom. The zero-order valence-corrected chi connectivity index (χ0v) is 31.1. The fourth-order valence-electron chi connectivity index (χ4n) is 5.02. The third-order valence-electron chi connectivity index (χ3n) is 7.68. The van der Waals surface area contributed by atoms with E-state index in [1.807, 2.05) is 12.1 Å². The number of nitrogens with zero attached hydrogens (tertiary/aromatic N) is 5. The molecule has 18 N–H and O–H groups in total. The van der Waals surface area contributed by atoms with Gasteiger partial charge in [0.1, 0.15) is 5.84 Å². The van der Waals surface area contributed by atoms with Gasteiger partial charge in [-0.05, 0) is 76.9 Å².